The fourth-order valence-electron chi connectivity index (χ4n) is 2.98. The van der Waals surface area contributed by atoms with Crippen LogP contribution in [0.3, 0.4) is 0 Å². The molecule has 0 aliphatic heterocycles. The van der Waals surface area contributed by atoms with Crippen molar-refractivity contribution in [3.63, 3.8) is 0 Å². The second-order valence-electron chi connectivity index (χ2n) is 7.12. The van der Waals surface area contributed by atoms with E-state index in [1.807, 2.05) is 39.5 Å². The van der Waals surface area contributed by atoms with Gasteiger partial charge >= 0.3 is 6.09 Å². The number of aliphatic hydroxyl groups excluding tert-OH is 1. The summed E-state index contributed by atoms with van der Waals surface area (Å²) in [7, 11) is 0. The number of aliphatic hydroxyl groups is 1. The molecule has 21 heavy (non-hydrogen) atoms. The van der Waals surface area contributed by atoms with E-state index in [1.54, 1.807) is 0 Å². The lowest BCUT2D eigenvalue weighted by Gasteiger charge is -2.42. The van der Waals surface area contributed by atoms with Crippen LogP contribution in [-0.2, 0) is 4.74 Å². The van der Waals surface area contributed by atoms with Crippen LogP contribution in [0.2, 0.25) is 0 Å². The number of nitrogens with one attached hydrogen (secondary N) is 1. The third kappa shape index (κ3) is 5.83. The zero-order valence-electron chi connectivity index (χ0n) is 14.2. The minimum absolute atomic E-state index is 0.0985. The summed E-state index contributed by atoms with van der Waals surface area (Å²) in [4.78, 5) is 14.4. The quantitative estimate of drug-likeness (QED) is 0.819. The van der Waals surface area contributed by atoms with Crippen LogP contribution in [-0.4, -0.2) is 53.0 Å². The first-order chi connectivity index (χ1) is 9.76. The Morgan fingerprint density at radius 3 is 2.48 bits per heavy atom. The van der Waals surface area contributed by atoms with E-state index in [9.17, 15) is 4.79 Å². The van der Waals surface area contributed by atoms with E-state index in [0.29, 0.717) is 6.54 Å². The smallest absolute Gasteiger partial charge is 0.410 e. The molecular weight excluding hydrogens is 268 g/mol. The van der Waals surface area contributed by atoms with Crippen molar-refractivity contribution in [3.05, 3.63) is 0 Å². The molecule has 2 N–H and O–H groups in total. The SMILES string of the molecule is CC(C)N(C(=O)OC(C)(C)C)C1CCCCC1NCCO. The molecule has 0 saturated heterocycles. The standard InChI is InChI=1S/C16H32N2O3/c1-12(2)18(15(20)21-16(3,4)5)14-9-7-6-8-13(14)17-10-11-19/h12-14,17,19H,6-11H2,1-5H3. The average Bonchev–Trinajstić information content (AvgIpc) is 2.35. The van der Waals surface area contributed by atoms with Gasteiger partial charge in [-0.1, -0.05) is 12.8 Å². The highest BCUT2D eigenvalue weighted by Gasteiger charge is 2.36. The maximum Gasteiger partial charge on any atom is 0.410 e. The third-order valence-electron chi connectivity index (χ3n) is 3.77. The Hall–Kier alpha value is -0.810. The first-order valence-corrected chi connectivity index (χ1v) is 8.12. The van der Waals surface area contributed by atoms with Gasteiger partial charge in [0.2, 0.25) is 0 Å². The zero-order valence-corrected chi connectivity index (χ0v) is 14.2. The Balaban J connectivity index is 2.83. The molecule has 1 aliphatic carbocycles. The number of amides is 1. The van der Waals surface area contributed by atoms with Crippen molar-refractivity contribution in [2.75, 3.05) is 13.2 Å². The molecule has 2 atom stereocenters. The van der Waals surface area contributed by atoms with Gasteiger partial charge in [0, 0.05) is 18.6 Å². The first kappa shape index (κ1) is 18.2. The molecule has 0 aromatic heterocycles. The van der Waals surface area contributed by atoms with Crippen LogP contribution in [0, 0.1) is 0 Å². The minimum Gasteiger partial charge on any atom is -0.444 e. The molecule has 1 rings (SSSR count). The van der Waals surface area contributed by atoms with E-state index in [-0.39, 0.29) is 30.8 Å². The maximum absolute atomic E-state index is 12.5. The molecule has 0 spiro atoms. The highest BCUT2D eigenvalue weighted by molar-refractivity contribution is 5.69. The van der Waals surface area contributed by atoms with Crippen molar-refractivity contribution in [3.8, 4) is 0 Å². The Bertz CT molecular complexity index is 326. The van der Waals surface area contributed by atoms with Gasteiger partial charge in [0.05, 0.1) is 12.6 Å². The monoisotopic (exact) mass is 300 g/mol. The Morgan fingerprint density at radius 2 is 1.95 bits per heavy atom. The summed E-state index contributed by atoms with van der Waals surface area (Å²) in [5, 5.41) is 12.4. The Kier molecular flexibility index (Phi) is 6.94. The second kappa shape index (κ2) is 7.99. The largest absolute Gasteiger partial charge is 0.444 e. The lowest BCUT2D eigenvalue weighted by Crippen LogP contribution is -2.57. The molecule has 1 fully saturated rings. The molecule has 1 saturated carbocycles. The first-order valence-electron chi connectivity index (χ1n) is 8.12. The van der Waals surface area contributed by atoms with Gasteiger partial charge in [0.25, 0.3) is 0 Å². The zero-order chi connectivity index (χ0) is 16.0. The molecule has 0 aromatic carbocycles. The molecule has 1 amide bonds. The molecule has 2 unspecified atom stereocenters. The molecule has 0 bridgehead atoms. The summed E-state index contributed by atoms with van der Waals surface area (Å²) in [6.45, 7) is 10.4. The van der Waals surface area contributed by atoms with Crippen LogP contribution in [0.5, 0.6) is 0 Å². The van der Waals surface area contributed by atoms with E-state index < -0.39 is 5.60 Å². The minimum atomic E-state index is -0.479. The van der Waals surface area contributed by atoms with Crippen molar-refractivity contribution < 1.29 is 14.6 Å². The number of carbonyl (C=O) groups is 1. The van der Waals surface area contributed by atoms with E-state index >= 15 is 0 Å². The van der Waals surface area contributed by atoms with Crippen LogP contribution in [0.1, 0.15) is 60.3 Å². The summed E-state index contributed by atoms with van der Waals surface area (Å²) in [5.41, 5.74) is -0.479. The molecule has 1 aliphatic rings. The highest BCUT2D eigenvalue weighted by Crippen LogP contribution is 2.26. The van der Waals surface area contributed by atoms with Crippen molar-refractivity contribution >= 4 is 6.09 Å². The lowest BCUT2D eigenvalue weighted by atomic mass is 9.88. The van der Waals surface area contributed by atoms with Gasteiger partial charge in [-0.3, -0.25) is 0 Å². The molecule has 0 radical (unpaired) electrons. The van der Waals surface area contributed by atoms with Crippen molar-refractivity contribution in [2.45, 2.75) is 84.0 Å². The number of hydrogen-bond acceptors (Lipinski definition) is 4. The van der Waals surface area contributed by atoms with Crippen LogP contribution in [0.4, 0.5) is 4.79 Å². The predicted octanol–water partition coefficient (Wildman–Crippen LogP) is 2.53. The molecule has 124 valence electrons. The Morgan fingerprint density at radius 1 is 1.33 bits per heavy atom. The number of nitrogens with zero attached hydrogens (tertiary/aromatic N) is 1. The second-order valence-corrected chi connectivity index (χ2v) is 7.12. The van der Waals surface area contributed by atoms with Crippen molar-refractivity contribution in [1.29, 1.82) is 0 Å². The third-order valence-corrected chi connectivity index (χ3v) is 3.77. The average molecular weight is 300 g/mol. The number of ether oxygens (including phenoxy) is 1. The fraction of sp³-hybridized carbons (Fsp3) is 0.938. The van der Waals surface area contributed by atoms with Gasteiger partial charge in [0.1, 0.15) is 5.60 Å². The van der Waals surface area contributed by atoms with Gasteiger partial charge in [0.15, 0.2) is 0 Å². The Labute approximate surface area is 129 Å². The van der Waals surface area contributed by atoms with Gasteiger partial charge in [-0.05, 0) is 47.5 Å². The summed E-state index contributed by atoms with van der Waals surface area (Å²) in [6, 6.07) is 0.474. The number of rotatable bonds is 5. The summed E-state index contributed by atoms with van der Waals surface area (Å²) in [6.07, 6.45) is 4.09. The van der Waals surface area contributed by atoms with E-state index in [0.717, 1.165) is 19.3 Å². The molecule has 0 aromatic rings. The number of carbonyl (C=O) groups excluding carboxylic acids is 1. The van der Waals surface area contributed by atoms with Gasteiger partial charge in [-0.25, -0.2) is 4.79 Å². The van der Waals surface area contributed by atoms with Crippen molar-refractivity contribution in [2.24, 2.45) is 0 Å². The number of hydrogen-bond donors (Lipinski definition) is 2. The van der Waals surface area contributed by atoms with Crippen LogP contribution in [0.25, 0.3) is 0 Å². The lowest BCUT2D eigenvalue weighted by molar-refractivity contribution is -0.00116. The summed E-state index contributed by atoms with van der Waals surface area (Å²) >= 11 is 0. The van der Waals surface area contributed by atoms with E-state index in [2.05, 4.69) is 5.32 Å². The topological polar surface area (TPSA) is 61.8 Å². The summed E-state index contributed by atoms with van der Waals surface area (Å²) in [5.74, 6) is 0. The summed E-state index contributed by atoms with van der Waals surface area (Å²) < 4.78 is 5.58. The van der Waals surface area contributed by atoms with E-state index in [4.69, 9.17) is 9.84 Å². The van der Waals surface area contributed by atoms with Crippen molar-refractivity contribution in [1.82, 2.24) is 10.2 Å². The van der Waals surface area contributed by atoms with Gasteiger partial charge < -0.3 is 20.1 Å². The van der Waals surface area contributed by atoms with E-state index in [1.165, 1.54) is 6.42 Å². The van der Waals surface area contributed by atoms with Crippen LogP contribution in [0.15, 0.2) is 0 Å². The molecular formula is C16H32N2O3. The fourth-order valence-corrected chi connectivity index (χ4v) is 2.98. The molecule has 5 heteroatoms. The van der Waals surface area contributed by atoms with Crippen LogP contribution >= 0.6 is 0 Å². The molecule has 0 heterocycles. The molecule has 5 nitrogen and oxygen atoms in total. The van der Waals surface area contributed by atoms with Crippen LogP contribution < -0.4 is 5.32 Å². The van der Waals surface area contributed by atoms with Gasteiger partial charge in [-0.2, -0.15) is 0 Å². The normalized spacial score (nSPS) is 23.2. The van der Waals surface area contributed by atoms with Gasteiger partial charge in [-0.15, -0.1) is 0 Å². The maximum atomic E-state index is 12.5. The highest BCUT2D eigenvalue weighted by atomic mass is 16.6. The predicted molar refractivity (Wildman–Crippen MR) is 84.3 cm³/mol.